The number of ether oxygens (including phenoxy) is 2. The number of unbranched alkanes of at least 4 members (excludes halogenated alkanes) is 29. The van der Waals surface area contributed by atoms with Crippen LogP contribution in [0.15, 0.2) is 24.3 Å². The molecule has 1 aliphatic carbocycles. The number of hydrogen-bond acceptors (Lipinski definition) is 11. The summed E-state index contributed by atoms with van der Waals surface area (Å²) in [5, 5.41) is 50.3. The van der Waals surface area contributed by atoms with Gasteiger partial charge in [0.05, 0.1) is 13.2 Å². The largest absolute Gasteiger partial charge is 0.472 e. The van der Waals surface area contributed by atoms with Gasteiger partial charge in [0.25, 0.3) is 0 Å². The van der Waals surface area contributed by atoms with Crippen LogP contribution in [0.1, 0.15) is 232 Å². The predicted octanol–water partition coefficient (Wildman–Crippen LogP) is 11.7. The molecule has 0 heterocycles. The lowest BCUT2D eigenvalue weighted by Gasteiger charge is -2.41. The van der Waals surface area contributed by atoms with Crippen LogP contribution in [0.4, 0.5) is 0 Å². The highest BCUT2D eigenvalue weighted by atomic mass is 31.2. The molecule has 378 valence electrons. The van der Waals surface area contributed by atoms with Crippen LogP contribution in [-0.2, 0) is 27.9 Å². The Bertz CT molecular complexity index is 1150. The molecule has 1 rings (SSSR count). The molecular weight excluding hydrogens is 836 g/mol. The second-order valence-corrected chi connectivity index (χ2v) is 19.8. The summed E-state index contributed by atoms with van der Waals surface area (Å²) >= 11 is 0. The third-order valence-electron chi connectivity index (χ3n) is 12.3. The fraction of sp³-hybridized carbons (Fsp3) is 0.902. The molecule has 0 saturated heterocycles. The van der Waals surface area contributed by atoms with Gasteiger partial charge in [-0.3, -0.25) is 13.8 Å². The smallest absolute Gasteiger partial charge is 0.457 e. The van der Waals surface area contributed by atoms with E-state index >= 15 is 0 Å². The van der Waals surface area contributed by atoms with Crippen molar-refractivity contribution in [3.8, 4) is 0 Å². The summed E-state index contributed by atoms with van der Waals surface area (Å²) in [4.78, 5) is 23.2. The SMILES string of the molecule is CCCCC/C=C\C/C=C\CCCCCCCC(=O)OC(COCCCCCCCCCCCCCCCCCCCCCCCC)COP(=O)(O)OC1C(O)C(O)C(O)C(O)C1O. The lowest BCUT2D eigenvalue weighted by Crippen LogP contribution is -2.64. The standard InChI is InChI=1S/C51H97O12P/c1-3-5-7-9-11-13-15-17-19-20-21-22-23-24-25-27-29-31-33-35-37-39-41-60-42-44(43-61-64(58,59)63-51-49(56)47(54)46(53)48(55)50(51)57)62-45(52)40-38-36-34-32-30-28-26-18-16-14-12-10-8-6-4-2/h12,14,18,26,44,46-51,53-57H,3-11,13,15-17,19-25,27-43H2,1-2H3,(H,58,59)/b14-12-,26-18-. The highest BCUT2D eigenvalue weighted by Gasteiger charge is 2.51. The molecular formula is C51H97O12P. The minimum atomic E-state index is -5.02. The maximum Gasteiger partial charge on any atom is 0.472 e. The number of phosphoric acid groups is 1. The van der Waals surface area contributed by atoms with Crippen molar-refractivity contribution in [3.63, 3.8) is 0 Å². The first-order chi connectivity index (χ1) is 31.0. The van der Waals surface area contributed by atoms with Crippen LogP contribution < -0.4 is 0 Å². The topological polar surface area (TPSA) is 192 Å². The van der Waals surface area contributed by atoms with Gasteiger partial charge in [-0.2, -0.15) is 0 Å². The van der Waals surface area contributed by atoms with E-state index in [1.54, 1.807) is 0 Å². The second kappa shape index (κ2) is 42.0. The van der Waals surface area contributed by atoms with Crippen molar-refractivity contribution in [2.24, 2.45) is 0 Å². The number of hydrogen-bond donors (Lipinski definition) is 6. The summed E-state index contributed by atoms with van der Waals surface area (Å²) in [7, 11) is -5.02. The van der Waals surface area contributed by atoms with Gasteiger partial charge in [-0.1, -0.05) is 205 Å². The number of esters is 1. The monoisotopic (exact) mass is 933 g/mol. The van der Waals surface area contributed by atoms with Gasteiger partial charge in [0.15, 0.2) is 0 Å². The highest BCUT2D eigenvalue weighted by molar-refractivity contribution is 7.47. The molecule has 0 amide bonds. The molecule has 0 aromatic carbocycles. The Morgan fingerprint density at radius 2 is 0.875 bits per heavy atom. The summed E-state index contributed by atoms with van der Waals surface area (Å²) < 4.78 is 34.3. The van der Waals surface area contributed by atoms with Crippen LogP contribution in [0.3, 0.4) is 0 Å². The Hall–Kier alpha value is -1.18. The number of phosphoric ester groups is 1. The summed E-state index contributed by atoms with van der Waals surface area (Å²) in [6, 6.07) is 0. The van der Waals surface area contributed by atoms with Crippen LogP contribution in [0.25, 0.3) is 0 Å². The maximum absolute atomic E-state index is 12.8. The van der Waals surface area contributed by atoms with Gasteiger partial charge < -0.3 is 39.9 Å². The summed E-state index contributed by atoms with van der Waals surface area (Å²) in [6.45, 7) is 4.26. The molecule has 6 N–H and O–H groups in total. The van der Waals surface area contributed by atoms with Gasteiger partial charge >= 0.3 is 13.8 Å². The van der Waals surface area contributed by atoms with Crippen molar-refractivity contribution in [2.45, 2.75) is 275 Å². The van der Waals surface area contributed by atoms with Crippen molar-refractivity contribution >= 4 is 13.8 Å². The van der Waals surface area contributed by atoms with Gasteiger partial charge in [-0.15, -0.1) is 0 Å². The predicted molar refractivity (Wildman–Crippen MR) is 258 cm³/mol. The third kappa shape index (κ3) is 33.3. The quantitative estimate of drug-likeness (QED) is 0.0147. The van der Waals surface area contributed by atoms with E-state index in [4.69, 9.17) is 18.5 Å². The lowest BCUT2D eigenvalue weighted by molar-refractivity contribution is -0.220. The van der Waals surface area contributed by atoms with Gasteiger partial charge in [0, 0.05) is 13.0 Å². The van der Waals surface area contributed by atoms with E-state index < -0.39 is 63.1 Å². The Labute approximate surface area is 390 Å². The number of allylic oxidation sites excluding steroid dienone is 4. The lowest BCUT2D eigenvalue weighted by atomic mass is 9.85. The summed E-state index contributed by atoms with van der Waals surface area (Å²) in [6.07, 6.45) is 36.8. The van der Waals surface area contributed by atoms with E-state index in [1.165, 1.54) is 141 Å². The number of rotatable bonds is 45. The van der Waals surface area contributed by atoms with Crippen molar-refractivity contribution < 1.29 is 58.3 Å². The van der Waals surface area contributed by atoms with E-state index in [1.807, 2.05) is 0 Å². The van der Waals surface area contributed by atoms with E-state index in [0.29, 0.717) is 13.0 Å². The first-order valence-corrected chi connectivity index (χ1v) is 27.7. The molecule has 1 saturated carbocycles. The zero-order chi connectivity index (χ0) is 46.9. The summed E-state index contributed by atoms with van der Waals surface area (Å²) in [5.41, 5.74) is 0. The van der Waals surface area contributed by atoms with E-state index in [0.717, 1.165) is 64.2 Å². The molecule has 0 aromatic heterocycles. The molecule has 6 unspecified atom stereocenters. The zero-order valence-electron chi connectivity index (χ0n) is 40.6. The Kier molecular flexibility index (Phi) is 39.9. The Balaban J connectivity index is 2.31. The number of aliphatic hydroxyl groups is 5. The van der Waals surface area contributed by atoms with Crippen LogP contribution in [-0.4, -0.2) is 98.9 Å². The van der Waals surface area contributed by atoms with Crippen molar-refractivity contribution in [1.29, 1.82) is 0 Å². The van der Waals surface area contributed by atoms with Crippen LogP contribution in [0.5, 0.6) is 0 Å². The van der Waals surface area contributed by atoms with Crippen molar-refractivity contribution in [3.05, 3.63) is 24.3 Å². The van der Waals surface area contributed by atoms with Crippen LogP contribution in [0, 0.1) is 0 Å². The van der Waals surface area contributed by atoms with Gasteiger partial charge in [0.2, 0.25) is 0 Å². The van der Waals surface area contributed by atoms with Gasteiger partial charge in [-0.05, 0) is 44.9 Å². The molecule has 1 aliphatic rings. The Morgan fingerprint density at radius 1 is 0.500 bits per heavy atom. The molecule has 0 aliphatic heterocycles. The minimum absolute atomic E-state index is 0.0779. The van der Waals surface area contributed by atoms with E-state index in [-0.39, 0.29) is 13.0 Å². The van der Waals surface area contributed by atoms with Crippen LogP contribution in [0.2, 0.25) is 0 Å². The van der Waals surface area contributed by atoms with E-state index in [9.17, 15) is 39.8 Å². The van der Waals surface area contributed by atoms with Crippen molar-refractivity contribution in [2.75, 3.05) is 19.8 Å². The molecule has 6 atom stereocenters. The number of carbonyl (C=O) groups excluding carboxylic acids is 1. The molecule has 12 nitrogen and oxygen atoms in total. The Morgan fingerprint density at radius 3 is 1.34 bits per heavy atom. The molecule has 0 spiro atoms. The minimum Gasteiger partial charge on any atom is -0.457 e. The highest BCUT2D eigenvalue weighted by Crippen LogP contribution is 2.47. The number of aliphatic hydroxyl groups excluding tert-OH is 5. The van der Waals surface area contributed by atoms with Crippen molar-refractivity contribution in [1.82, 2.24) is 0 Å². The second-order valence-electron chi connectivity index (χ2n) is 18.4. The average Bonchev–Trinajstić information content (AvgIpc) is 3.28. The molecule has 64 heavy (non-hydrogen) atoms. The fourth-order valence-electron chi connectivity index (χ4n) is 8.15. The van der Waals surface area contributed by atoms with Gasteiger partial charge in [-0.25, -0.2) is 4.57 Å². The van der Waals surface area contributed by atoms with Gasteiger partial charge in [0.1, 0.15) is 42.7 Å². The molecule has 0 bridgehead atoms. The average molecular weight is 933 g/mol. The van der Waals surface area contributed by atoms with E-state index in [2.05, 4.69) is 38.2 Å². The third-order valence-corrected chi connectivity index (χ3v) is 13.3. The molecule has 0 aromatic rings. The zero-order valence-corrected chi connectivity index (χ0v) is 41.5. The molecule has 1 fully saturated rings. The normalized spacial score (nSPS) is 21.8. The first kappa shape index (κ1) is 60.8. The number of carbonyl (C=O) groups is 1. The maximum atomic E-state index is 12.8. The van der Waals surface area contributed by atoms with Crippen LogP contribution >= 0.6 is 7.82 Å². The first-order valence-electron chi connectivity index (χ1n) is 26.2. The fourth-order valence-corrected chi connectivity index (χ4v) is 9.12. The summed E-state index contributed by atoms with van der Waals surface area (Å²) in [5.74, 6) is -0.487. The molecule has 0 radical (unpaired) electrons. The molecule has 13 heteroatoms.